The smallest absolute Gasteiger partial charge is 0.0505 e. The molecule has 92 valence electrons. The summed E-state index contributed by atoms with van der Waals surface area (Å²) in [6.07, 6.45) is 8.45. The molecule has 1 fully saturated rings. The molecule has 0 aromatic carbocycles. The first-order chi connectivity index (χ1) is 7.86. The molecule has 5 heteroatoms. The van der Waals surface area contributed by atoms with Gasteiger partial charge in [-0.2, -0.15) is 6.07 Å². The summed E-state index contributed by atoms with van der Waals surface area (Å²) < 4.78 is 0. The van der Waals surface area contributed by atoms with Gasteiger partial charge in [-0.15, -0.1) is 0 Å². The average molecular weight is 305 g/mol. The number of H-pyrrole nitrogens is 1. The van der Waals surface area contributed by atoms with Crippen molar-refractivity contribution in [3.63, 3.8) is 0 Å². The largest absolute Gasteiger partial charge is 0.380 e. The van der Waals surface area contributed by atoms with Crippen molar-refractivity contribution < 1.29 is 12.9 Å². The number of aromatic amines is 1. The zero-order valence-electron chi connectivity index (χ0n) is 8.88. The zero-order valence-corrected chi connectivity index (χ0v) is 11.4. The van der Waals surface area contributed by atoms with E-state index in [9.17, 15) is 0 Å². The van der Waals surface area contributed by atoms with Crippen LogP contribution in [0.5, 0.6) is 0 Å². The van der Waals surface area contributed by atoms with Crippen LogP contribution >= 0.6 is 20.3 Å². The summed E-state index contributed by atoms with van der Waals surface area (Å²) in [5.41, 5.74) is 0.898. The van der Waals surface area contributed by atoms with E-state index in [0.29, 0.717) is 18.9 Å². The molecule has 0 saturated heterocycles. The van der Waals surface area contributed by atoms with Crippen LogP contribution in [0.15, 0.2) is 23.3 Å². The Bertz CT molecular complexity index is 317. The molecule has 0 atom stereocenters. The minimum absolute atomic E-state index is 0.382. The second-order valence-electron chi connectivity index (χ2n) is 3.63. The second-order valence-corrected chi connectivity index (χ2v) is 5.35. The number of rotatable bonds is 1. The van der Waals surface area contributed by atoms with Crippen LogP contribution in [0.1, 0.15) is 32.1 Å². The SMILES string of the molecule is [Cl][Co+][Cl].[c-]1ccc[nH]c1=NC1CCCCC1. The van der Waals surface area contributed by atoms with E-state index < -0.39 is 0 Å². The maximum atomic E-state index is 4.73. The molecule has 1 aromatic heterocycles. The van der Waals surface area contributed by atoms with Gasteiger partial charge in [0.1, 0.15) is 0 Å². The predicted molar refractivity (Wildman–Crippen MR) is 63.8 cm³/mol. The van der Waals surface area contributed by atoms with Crippen molar-refractivity contribution in [2.24, 2.45) is 4.99 Å². The summed E-state index contributed by atoms with van der Waals surface area (Å²) >= 11 is 0.382. The number of nitrogens with zero attached hydrogens (tertiary/aromatic N) is 1. The van der Waals surface area contributed by atoms with Gasteiger partial charge in [0.15, 0.2) is 0 Å². The van der Waals surface area contributed by atoms with Gasteiger partial charge in [0, 0.05) is 5.49 Å². The molecule has 2 rings (SSSR count). The second kappa shape index (κ2) is 9.11. The van der Waals surface area contributed by atoms with E-state index in [1.807, 2.05) is 18.3 Å². The Balaban J connectivity index is 0.000000386. The number of nitrogens with one attached hydrogen (secondary N) is 1. The summed E-state index contributed by atoms with van der Waals surface area (Å²) in [6, 6.07) is 7.46. The molecule has 1 aromatic rings. The molecule has 0 amide bonds. The van der Waals surface area contributed by atoms with Gasteiger partial charge in [-0.3, -0.25) is 4.99 Å². The van der Waals surface area contributed by atoms with Crippen LogP contribution < -0.4 is 5.49 Å². The molecule has 1 aliphatic rings. The summed E-state index contributed by atoms with van der Waals surface area (Å²) in [5, 5.41) is 0. The van der Waals surface area contributed by atoms with Crippen LogP contribution in [0.4, 0.5) is 0 Å². The molecule has 0 unspecified atom stereocenters. The monoisotopic (exact) mass is 304 g/mol. The van der Waals surface area contributed by atoms with Gasteiger partial charge in [0.25, 0.3) is 0 Å². The van der Waals surface area contributed by atoms with E-state index in [1.54, 1.807) is 0 Å². The average Bonchev–Trinajstić information content (AvgIpc) is 2.33. The van der Waals surface area contributed by atoms with E-state index in [2.05, 4.69) is 16.0 Å². The summed E-state index contributed by atoms with van der Waals surface area (Å²) in [4.78, 5) is 7.70. The molecular weight excluding hydrogens is 290 g/mol. The first kappa shape index (κ1) is 14.1. The van der Waals surface area contributed by atoms with E-state index >= 15 is 0 Å². The van der Waals surface area contributed by atoms with Gasteiger partial charge in [-0.1, -0.05) is 25.5 Å². The Morgan fingerprint density at radius 2 is 2.00 bits per heavy atom. The Labute approximate surface area is 111 Å². The number of hydrogen-bond donors (Lipinski definition) is 1. The predicted octanol–water partition coefficient (Wildman–Crippen LogP) is 3.42. The van der Waals surface area contributed by atoms with E-state index in [4.69, 9.17) is 20.3 Å². The first-order valence-electron chi connectivity index (χ1n) is 5.29. The summed E-state index contributed by atoms with van der Waals surface area (Å²) in [7, 11) is 9.47. The van der Waals surface area contributed by atoms with Gasteiger partial charge < -0.3 is 4.98 Å². The Morgan fingerprint density at radius 3 is 2.56 bits per heavy atom. The van der Waals surface area contributed by atoms with E-state index in [1.165, 1.54) is 32.1 Å². The van der Waals surface area contributed by atoms with Crippen LogP contribution in [0.25, 0.3) is 0 Å². The molecule has 1 N–H and O–H groups in total. The molecular formula is C11H15Cl2CoN2. The fraction of sp³-hybridized carbons (Fsp3) is 0.545. The van der Waals surface area contributed by atoms with Gasteiger partial charge >= 0.3 is 33.2 Å². The van der Waals surface area contributed by atoms with Crippen molar-refractivity contribution in [1.29, 1.82) is 0 Å². The number of halogens is 2. The minimum Gasteiger partial charge on any atom is -0.380 e. The fourth-order valence-electron chi connectivity index (χ4n) is 1.81. The van der Waals surface area contributed by atoms with Gasteiger partial charge in [-0.25, -0.2) is 12.1 Å². The Kier molecular flexibility index (Phi) is 8.02. The molecule has 2 nitrogen and oxygen atoms in total. The number of hydrogen-bond acceptors (Lipinski definition) is 1. The standard InChI is InChI=1S/C11H15N2.2ClH.Co/c1-2-6-10(7-3-1)13-11-8-4-5-9-12-11;;;/h4-5,9-10H,1-3,6-7H2,(H,12,13);2*1H;/q-1;;;+3/p-2. The molecule has 0 bridgehead atoms. The van der Waals surface area contributed by atoms with Crippen LogP contribution in [-0.2, 0) is 12.9 Å². The zero-order chi connectivity index (χ0) is 11.6. The summed E-state index contributed by atoms with van der Waals surface area (Å²) in [5.74, 6) is 0. The number of pyridine rings is 1. The topological polar surface area (TPSA) is 28.1 Å². The molecule has 0 spiro atoms. The van der Waals surface area contributed by atoms with Gasteiger partial charge in [0.2, 0.25) is 0 Å². The van der Waals surface area contributed by atoms with Crippen LogP contribution in [0.3, 0.4) is 0 Å². The minimum atomic E-state index is 0.382. The first-order valence-corrected chi connectivity index (χ1v) is 8.16. The Hall–Kier alpha value is 0.0365. The van der Waals surface area contributed by atoms with E-state index in [0.717, 1.165) is 5.49 Å². The van der Waals surface area contributed by atoms with Gasteiger partial charge in [0.05, 0.1) is 6.04 Å². The molecule has 0 radical (unpaired) electrons. The van der Waals surface area contributed by atoms with Crippen LogP contribution in [0.2, 0.25) is 0 Å². The van der Waals surface area contributed by atoms with Crippen molar-refractivity contribution >= 4 is 20.3 Å². The third-order valence-corrected chi connectivity index (χ3v) is 2.52. The van der Waals surface area contributed by atoms with Crippen LogP contribution in [0, 0.1) is 6.07 Å². The molecule has 1 saturated carbocycles. The maximum Gasteiger partial charge on any atom is 0.0505 e. The maximum absolute atomic E-state index is 4.73. The molecule has 16 heavy (non-hydrogen) atoms. The third-order valence-electron chi connectivity index (χ3n) is 2.52. The summed E-state index contributed by atoms with van der Waals surface area (Å²) in [6.45, 7) is 0. The van der Waals surface area contributed by atoms with Crippen molar-refractivity contribution in [2.75, 3.05) is 0 Å². The molecule has 0 aliphatic heterocycles. The van der Waals surface area contributed by atoms with Crippen molar-refractivity contribution in [3.8, 4) is 0 Å². The normalized spacial score (nSPS) is 18.0. The van der Waals surface area contributed by atoms with Crippen molar-refractivity contribution in [1.82, 2.24) is 4.98 Å². The number of aromatic nitrogens is 1. The quantitative estimate of drug-likeness (QED) is 0.770. The van der Waals surface area contributed by atoms with Crippen LogP contribution in [-0.4, -0.2) is 11.0 Å². The Morgan fingerprint density at radius 1 is 1.31 bits per heavy atom. The van der Waals surface area contributed by atoms with Crippen molar-refractivity contribution in [2.45, 2.75) is 38.1 Å². The van der Waals surface area contributed by atoms with Gasteiger partial charge in [-0.05, 0) is 12.8 Å². The molecule has 1 aliphatic carbocycles. The fourth-order valence-corrected chi connectivity index (χ4v) is 1.81. The molecule has 1 heterocycles. The third kappa shape index (κ3) is 5.94. The van der Waals surface area contributed by atoms with Crippen molar-refractivity contribution in [3.05, 3.63) is 29.9 Å². The van der Waals surface area contributed by atoms with E-state index in [-0.39, 0.29) is 0 Å².